The number of anilines is 1. The molecule has 0 spiro atoms. The lowest BCUT2D eigenvalue weighted by atomic mass is 10.2. The van der Waals surface area contributed by atoms with Gasteiger partial charge in [0.05, 0.1) is 0 Å². The number of piperidine rings is 1. The van der Waals surface area contributed by atoms with Crippen molar-refractivity contribution in [1.82, 2.24) is 4.98 Å². The molecule has 1 aliphatic carbocycles. The van der Waals surface area contributed by atoms with E-state index in [1.54, 1.807) is 0 Å². The van der Waals surface area contributed by atoms with E-state index in [0.717, 1.165) is 12.0 Å². The maximum absolute atomic E-state index is 4.41. The molecule has 0 radical (unpaired) electrons. The standard InChI is InChI=1S/C11H14N2/c1-8-6-9-7-10(9)13(8)11-4-2-3-5-12-11/h2-5,8-10H,6-7H2,1H3. The van der Waals surface area contributed by atoms with Crippen LogP contribution in [0.15, 0.2) is 24.4 Å². The summed E-state index contributed by atoms with van der Waals surface area (Å²) in [5.41, 5.74) is 0. The molecular formula is C11H14N2. The van der Waals surface area contributed by atoms with Gasteiger partial charge in [-0.15, -0.1) is 0 Å². The van der Waals surface area contributed by atoms with Crippen LogP contribution in [0.5, 0.6) is 0 Å². The topological polar surface area (TPSA) is 16.1 Å². The summed E-state index contributed by atoms with van der Waals surface area (Å²) in [7, 11) is 0. The van der Waals surface area contributed by atoms with E-state index in [9.17, 15) is 0 Å². The van der Waals surface area contributed by atoms with E-state index in [4.69, 9.17) is 0 Å². The predicted octanol–water partition coefficient (Wildman–Crippen LogP) is 2.07. The molecule has 1 aromatic rings. The molecule has 0 N–H and O–H groups in total. The van der Waals surface area contributed by atoms with Crippen LogP contribution < -0.4 is 4.90 Å². The number of fused-ring (bicyclic) bond motifs is 1. The van der Waals surface area contributed by atoms with E-state index in [2.05, 4.69) is 28.9 Å². The van der Waals surface area contributed by atoms with Crippen molar-refractivity contribution >= 4 is 5.82 Å². The first-order valence-electron chi connectivity index (χ1n) is 5.05. The van der Waals surface area contributed by atoms with Crippen molar-refractivity contribution in [2.24, 2.45) is 5.92 Å². The first-order valence-corrected chi connectivity index (χ1v) is 5.05. The summed E-state index contributed by atoms with van der Waals surface area (Å²) in [5.74, 6) is 2.14. The minimum Gasteiger partial charge on any atom is -0.351 e. The van der Waals surface area contributed by atoms with Crippen molar-refractivity contribution in [3.8, 4) is 0 Å². The predicted molar refractivity (Wildman–Crippen MR) is 52.7 cm³/mol. The van der Waals surface area contributed by atoms with Crippen LogP contribution >= 0.6 is 0 Å². The molecule has 68 valence electrons. The quantitative estimate of drug-likeness (QED) is 0.648. The van der Waals surface area contributed by atoms with Crippen molar-refractivity contribution < 1.29 is 0 Å². The summed E-state index contributed by atoms with van der Waals surface area (Å²) >= 11 is 0. The van der Waals surface area contributed by atoms with Gasteiger partial charge in [0.15, 0.2) is 0 Å². The summed E-state index contributed by atoms with van der Waals surface area (Å²) in [4.78, 5) is 6.90. The molecule has 0 bridgehead atoms. The fourth-order valence-corrected chi connectivity index (χ4v) is 2.61. The second kappa shape index (κ2) is 2.47. The fourth-order valence-electron chi connectivity index (χ4n) is 2.61. The molecule has 2 heteroatoms. The van der Waals surface area contributed by atoms with E-state index in [0.29, 0.717) is 6.04 Å². The third-order valence-electron chi connectivity index (χ3n) is 3.28. The fraction of sp³-hybridized carbons (Fsp3) is 0.545. The lowest BCUT2D eigenvalue weighted by Crippen LogP contribution is -2.30. The number of hydrogen-bond acceptors (Lipinski definition) is 2. The Hall–Kier alpha value is -1.05. The monoisotopic (exact) mass is 174 g/mol. The summed E-state index contributed by atoms with van der Waals surface area (Å²) in [6.07, 6.45) is 4.64. The highest BCUT2D eigenvalue weighted by atomic mass is 15.3. The molecule has 2 nitrogen and oxygen atoms in total. The van der Waals surface area contributed by atoms with Crippen molar-refractivity contribution in [3.63, 3.8) is 0 Å². The number of aromatic nitrogens is 1. The van der Waals surface area contributed by atoms with E-state index in [-0.39, 0.29) is 0 Å². The Bertz CT molecular complexity index is 307. The van der Waals surface area contributed by atoms with Gasteiger partial charge in [-0.05, 0) is 37.8 Å². The first-order chi connectivity index (χ1) is 6.36. The van der Waals surface area contributed by atoms with Crippen molar-refractivity contribution in [1.29, 1.82) is 0 Å². The van der Waals surface area contributed by atoms with Crippen LogP contribution in [-0.4, -0.2) is 17.1 Å². The highest BCUT2D eigenvalue weighted by molar-refractivity contribution is 5.45. The van der Waals surface area contributed by atoms with Crippen LogP contribution in [0.1, 0.15) is 19.8 Å². The highest BCUT2D eigenvalue weighted by Gasteiger charge is 2.50. The van der Waals surface area contributed by atoms with Gasteiger partial charge in [-0.2, -0.15) is 0 Å². The molecule has 3 unspecified atom stereocenters. The van der Waals surface area contributed by atoms with E-state index >= 15 is 0 Å². The third-order valence-corrected chi connectivity index (χ3v) is 3.28. The zero-order valence-corrected chi connectivity index (χ0v) is 7.85. The van der Waals surface area contributed by atoms with Crippen LogP contribution in [0.3, 0.4) is 0 Å². The van der Waals surface area contributed by atoms with Gasteiger partial charge in [-0.1, -0.05) is 6.07 Å². The SMILES string of the molecule is CC1CC2CC2N1c1ccccn1. The molecule has 3 atom stereocenters. The van der Waals surface area contributed by atoms with E-state index < -0.39 is 0 Å². The molecule has 0 amide bonds. The number of pyridine rings is 1. The Labute approximate surface area is 78.6 Å². The second-order valence-electron chi connectivity index (χ2n) is 4.24. The van der Waals surface area contributed by atoms with E-state index in [1.165, 1.54) is 18.7 Å². The minimum absolute atomic E-state index is 0.693. The van der Waals surface area contributed by atoms with Gasteiger partial charge in [-0.25, -0.2) is 4.98 Å². The molecule has 2 heterocycles. The van der Waals surface area contributed by atoms with Crippen molar-refractivity contribution in [2.45, 2.75) is 31.8 Å². The van der Waals surface area contributed by atoms with Gasteiger partial charge in [0, 0.05) is 18.3 Å². The number of hydrogen-bond donors (Lipinski definition) is 0. The van der Waals surface area contributed by atoms with Gasteiger partial charge in [-0.3, -0.25) is 0 Å². The Balaban J connectivity index is 1.92. The Morgan fingerprint density at radius 1 is 1.38 bits per heavy atom. The van der Waals surface area contributed by atoms with Gasteiger partial charge in [0.1, 0.15) is 5.82 Å². The van der Waals surface area contributed by atoms with Crippen LogP contribution in [-0.2, 0) is 0 Å². The molecule has 13 heavy (non-hydrogen) atoms. The van der Waals surface area contributed by atoms with Gasteiger partial charge in [0.2, 0.25) is 0 Å². The highest BCUT2D eigenvalue weighted by Crippen LogP contribution is 2.48. The lowest BCUT2D eigenvalue weighted by Gasteiger charge is -2.25. The Morgan fingerprint density at radius 3 is 2.92 bits per heavy atom. The largest absolute Gasteiger partial charge is 0.351 e. The molecule has 1 saturated heterocycles. The normalized spacial score (nSPS) is 36.1. The molecule has 1 aromatic heterocycles. The van der Waals surface area contributed by atoms with Crippen LogP contribution in [0.25, 0.3) is 0 Å². The summed E-state index contributed by atoms with van der Waals surface area (Å²) < 4.78 is 0. The zero-order chi connectivity index (χ0) is 8.84. The van der Waals surface area contributed by atoms with Gasteiger partial charge >= 0.3 is 0 Å². The first kappa shape index (κ1) is 7.36. The molecule has 2 fully saturated rings. The smallest absolute Gasteiger partial charge is 0.128 e. The summed E-state index contributed by atoms with van der Waals surface area (Å²) in [5, 5.41) is 0. The van der Waals surface area contributed by atoms with Crippen LogP contribution in [0.4, 0.5) is 5.82 Å². The van der Waals surface area contributed by atoms with Crippen LogP contribution in [0.2, 0.25) is 0 Å². The third kappa shape index (κ3) is 1.05. The minimum atomic E-state index is 0.693. The molecule has 3 rings (SSSR count). The van der Waals surface area contributed by atoms with Gasteiger partial charge in [0.25, 0.3) is 0 Å². The second-order valence-corrected chi connectivity index (χ2v) is 4.24. The average Bonchev–Trinajstić information content (AvgIpc) is 2.80. The average molecular weight is 174 g/mol. The van der Waals surface area contributed by atoms with E-state index in [1.807, 2.05) is 12.3 Å². The molecule has 0 aromatic carbocycles. The van der Waals surface area contributed by atoms with Crippen molar-refractivity contribution in [2.75, 3.05) is 4.90 Å². The molecule has 2 aliphatic rings. The zero-order valence-electron chi connectivity index (χ0n) is 7.85. The molecular weight excluding hydrogens is 160 g/mol. The van der Waals surface area contributed by atoms with Gasteiger partial charge < -0.3 is 4.90 Å². The summed E-state index contributed by atoms with van der Waals surface area (Å²) in [6, 6.07) is 7.68. The summed E-state index contributed by atoms with van der Waals surface area (Å²) in [6.45, 7) is 2.31. The Kier molecular flexibility index (Phi) is 1.40. The van der Waals surface area contributed by atoms with Crippen molar-refractivity contribution in [3.05, 3.63) is 24.4 Å². The maximum Gasteiger partial charge on any atom is 0.128 e. The lowest BCUT2D eigenvalue weighted by molar-refractivity contribution is 0.640. The molecule has 1 saturated carbocycles. The van der Waals surface area contributed by atoms with Crippen LogP contribution in [0, 0.1) is 5.92 Å². The number of rotatable bonds is 1. The number of nitrogens with zero attached hydrogens (tertiary/aromatic N) is 2. The Morgan fingerprint density at radius 2 is 2.31 bits per heavy atom. The molecule has 1 aliphatic heterocycles. The maximum atomic E-state index is 4.41.